The van der Waals surface area contributed by atoms with Gasteiger partial charge in [-0.25, -0.2) is 0 Å². The van der Waals surface area contributed by atoms with E-state index in [1.807, 2.05) is 0 Å². The van der Waals surface area contributed by atoms with Crippen LogP contribution >= 0.6 is 15.6 Å². The van der Waals surface area contributed by atoms with Crippen molar-refractivity contribution in [2.45, 2.75) is 0 Å². The van der Waals surface area contributed by atoms with E-state index in [-0.39, 0.29) is 20.1 Å². The second-order valence-electron chi connectivity index (χ2n) is 1.92. The molecule has 0 aromatic rings. The molecule has 0 nitrogen and oxygen atoms in total. The summed E-state index contributed by atoms with van der Waals surface area (Å²) < 4.78 is 118. The number of hydrogen-bond donors (Lipinski definition) is 0. The molecule has 0 rings (SSSR count). The Morgan fingerprint density at radius 1 is 0.333 bits per heavy atom. The number of halogens is 12. The average Bonchev–Trinajstić information content (AvgIpc) is 0.938. The zero-order valence-corrected chi connectivity index (χ0v) is 9.95. The summed E-state index contributed by atoms with van der Waals surface area (Å²) in [6.45, 7) is 0. The third kappa shape index (κ3) is 5260. The molecular weight excluding hydrogens is 482 g/mol. The Morgan fingerprint density at radius 2 is 0.333 bits per heavy atom. The fraction of sp³-hybridized carbons (Fsp3) is 0. The van der Waals surface area contributed by atoms with E-state index in [9.17, 15) is 50.4 Å². The van der Waals surface area contributed by atoms with E-state index < -0.39 is 15.6 Å². The van der Waals surface area contributed by atoms with E-state index in [1.165, 1.54) is 0 Å². The molecule has 0 amide bonds. The summed E-state index contributed by atoms with van der Waals surface area (Å²) in [5.41, 5.74) is 0. The van der Waals surface area contributed by atoms with Crippen LogP contribution in [-0.2, 0) is 20.1 Å². The summed E-state index contributed by atoms with van der Waals surface area (Å²) in [5.74, 6) is 0. The largest absolute Gasteiger partial charge is 2.00 e. The summed E-state index contributed by atoms with van der Waals surface area (Å²) in [6, 6.07) is 0. The molecule has 0 heterocycles. The fourth-order valence-electron chi connectivity index (χ4n) is 0. The maximum absolute atomic E-state index is 10.7. The Balaban J connectivity index is -0.000000180. The summed E-state index contributed by atoms with van der Waals surface area (Å²) in [6.07, 6.45) is 0. The molecule has 0 aromatic carbocycles. The van der Waals surface area contributed by atoms with Crippen molar-refractivity contribution in [2.24, 2.45) is 0 Å². The van der Waals surface area contributed by atoms with Crippen LogP contribution in [0.15, 0.2) is 0 Å². The Bertz CT molecular complexity index is 161. The SMILES string of the molecule is F[P-](F)(F)(F)(F)F.F[P-](F)(F)(F)(F)F.[Ir+2]. The minimum absolute atomic E-state index is 0. The zero-order chi connectivity index (χ0) is 12.8. The fourth-order valence-corrected chi connectivity index (χ4v) is 0. The van der Waals surface area contributed by atoms with Crippen LogP contribution in [0.3, 0.4) is 0 Å². The monoisotopic (exact) mass is 483 g/mol. The average molecular weight is 482 g/mol. The van der Waals surface area contributed by atoms with E-state index in [4.69, 9.17) is 0 Å². The van der Waals surface area contributed by atoms with Crippen molar-refractivity contribution in [1.29, 1.82) is 0 Å². The van der Waals surface area contributed by atoms with Gasteiger partial charge in [-0.3, -0.25) is 0 Å². The standard InChI is InChI=1S/2F6P.Ir/c2*1-7(2,3,4,5)6;/q2*-1;+2. The summed E-state index contributed by atoms with van der Waals surface area (Å²) in [5, 5.41) is 0. The van der Waals surface area contributed by atoms with Gasteiger partial charge in [-0.2, -0.15) is 0 Å². The summed E-state index contributed by atoms with van der Waals surface area (Å²) in [7, 11) is -21.3. The molecular formula is F12IrP2. The first-order valence-electron chi connectivity index (χ1n) is 2.03. The summed E-state index contributed by atoms with van der Waals surface area (Å²) in [4.78, 5) is 0. The topological polar surface area (TPSA) is 0 Å². The van der Waals surface area contributed by atoms with Crippen molar-refractivity contribution in [2.75, 3.05) is 0 Å². The predicted molar refractivity (Wildman–Crippen MR) is 27.1 cm³/mol. The quantitative estimate of drug-likeness (QED) is 0.265. The molecule has 0 aliphatic carbocycles. The molecule has 0 spiro atoms. The van der Waals surface area contributed by atoms with E-state index in [2.05, 4.69) is 0 Å². The molecule has 0 aliphatic rings. The van der Waals surface area contributed by atoms with Crippen LogP contribution in [0.5, 0.6) is 0 Å². The minimum atomic E-state index is -10.7. The molecule has 0 aromatic heterocycles. The van der Waals surface area contributed by atoms with Crippen molar-refractivity contribution in [3.05, 3.63) is 0 Å². The molecule has 103 valence electrons. The predicted octanol–water partition coefficient (Wildman–Crippen LogP) is 6.76. The number of rotatable bonds is 0. The molecule has 0 atom stereocenters. The minimum Gasteiger partial charge on any atom is 2.00 e. The van der Waals surface area contributed by atoms with Crippen LogP contribution in [0.2, 0.25) is 0 Å². The molecule has 0 bridgehead atoms. The first kappa shape index (κ1) is 21.0. The van der Waals surface area contributed by atoms with Crippen molar-refractivity contribution in [3.8, 4) is 0 Å². The van der Waals surface area contributed by atoms with E-state index in [0.29, 0.717) is 0 Å². The van der Waals surface area contributed by atoms with Gasteiger partial charge < -0.3 is 0 Å². The molecule has 15 heteroatoms. The van der Waals surface area contributed by atoms with Crippen molar-refractivity contribution >= 4 is 15.6 Å². The third-order valence-corrected chi connectivity index (χ3v) is 0. The maximum Gasteiger partial charge on any atom is 2.00 e. The summed E-state index contributed by atoms with van der Waals surface area (Å²) >= 11 is 0. The Labute approximate surface area is 86.8 Å². The van der Waals surface area contributed by atoms with Crippen molar-refractivity contribution < 1.29 is 70.5 Å². The van der Waals surface area contributed by atoms with Gasteiger partial charge in [0.05, 0.1) is 0 Å². The Morgan fingerprint density at radius 3 is 0.333 bits per heavy atom. The third-order valence-electron chi connectivity index (χ3n) is 0. The molecule has 15 heavy (non-hydrogen) atoms. The first-order valence-corrected chi connectivity index (χ1v) is 6.09. The first-order chi connectivity index (χ1) is 4.90. The van der Waals surface area contributed by atoms with Gasteiger partial charge in [0.25, 0.3) is 0 Å². The van der Waals surface area contributed by atoms with Gasteiger partial charge in [0.15, 0.2) is 0 Å². The van der Waals surface area contributed by atoms with E-state index in [0.717, 1.165) is 0 Å². The van der Waals surface area contributed by atoms with Crippen LogP contribution in [-0.4, -0.2) is 0 Å². The Kier molecular flexibility index (Phi) is 4.08. The molecule has 0 unspecified atom stereocenters. The van der Waals surface area contributed by atoms with E-state index >= 15 is 0 Å². The van der Waals surface area contributed by atoms with E-state index in [1.54, 1.807) is 0 Å². The molecule has 0 N–H and O–H groups in total. The van der Waals surface area contributed by atoms with Crippen LogP contribution in [0, 0.1) is 0 Å². The smallest absolute Gasteiger partial charge is 2.00 e. The second-order valence-corrected chi connectivity index (χ2v) is 5.75. The van der Waals surface area contributed by atoms with Gasteiger partial charge in [-0.05, 0) is 0 Å². The number of hydrogen-bond acceptors (Lipinski definition) is 0. The molecule has 1 radical (unpaired) electrons. The van der Waals surface area contributed by atoms with Gasteiger partial charge in [0.1, 0.15) is 0 Å². The zero-order valence-electron chi connectivity index (χ0n) is 5.76. The van der Waals surface area contributed by atoms with Gasteiger partial charge >= 0.3 is 86.1 Å². The van der Waals surface area contributed by atoms with Crippen LogP contribution in [0.1, 0.15) is 0 Å². The molecule has 0 aliphatic heterocycles. The van der Waals surface area contributed by atoms with Gasteiger partial charge in [-0.15, -0.1) is 0 Å². The van der Waals surface area contributed by atoms with Gasteiger partial charge in [-0.1, -0.05) is 0 Å². The van der Waals surface area contributed by atoms with Gasteiger partial charge in [0.2, 0.25) is 0 Å². The van der Waals surface area contributed by atoms with Crippen LogP contribution < -0.4 is 0 Å². The van der Waals surface area contributed by atoms with Crippen molar-refractivity contribution in [1.82, 2.24) is 0 Å². The molecule has 0 saturated carbocycles. The molecule has 0 fully saturated rings. The van der Waals surface area contributed by atoms with Crippen molar-refractivity contribution in [3.63, 3.8) is 0 Å². The van der Waals surface area contributed by atoms with Crippen LogP contribution in [0.4, 0.5) is 50.4 Å². The Hall–Kier alpha value is 0.669. The normalized spacial score (nSPS) is 21.6. The second kappa shape index (κ2) is 2.91. The maximum atomic E-state index is 9.87. The molecule has 0 saturated heterocycles. The van der Waals surface area contributed by atoms with Gasteiger partial charge in [0, 0.05) is 0 Å². The van der Waals surface area contributed by atoms with Crippen LogP contribution in [0.25, 0.3) is 0 Å².